The third-order valence-electron chi connectivity index (χ3n) is 9.66. The van der Waals surface area contributed by atoms with Crippen LogP contribution < -0.4 is 19.9 Å². The molecule has 14 nitrogen and oxygen atoms in total. The lowest BCUT2D eigenvalue weighted by Gasteiger charge is -2.41. The number of amides is 3. The molecule has 15 heteroatoms. The lowest BCUT2D eigenvalue weighted by Crippen LogP contribution is -2.58. The molecule has 2 fully saturated rings. The van der Waals surface area contributed by atoms with Crippen molar-refractivity contribution in [2.45, 2.75) is 72.6 Å². The van der Waals surface area contributed by atoms with E-state index in [9.17, 15) is 34.4 Å². The predicted molar refractivity (Wildman–Crippen MR) is 184 cm³/mol. The summed E-state index contributed by atoms with van der Waals surface area (Å²) in [5.74, 6) is -2.06. The van der Waals surface area contributed by atoms with Gasteiger partial charge in [0.15, 0.2) is 0 Å². The molecule has 1 aliphatic heterocycles. The molecule has 0 bridgehead atoms. The molecule has 0 radical (unpaired) electrons. The minimum atomic E-state index is -1.41. The number of nitro benzene ring substituents is 1. The number of ether oxygens (including phenoxy) is 2. The van der Waals surface area contributed by atoms with E-state index in [4.69, 9.17) is 9.47 Å². The monoisotopic (exact) mass is 699 g/mol. The number of hydrogen-bond acceptors (Lipinski definition) is 9. The standard InChI is InChI=1S/C35H46FN5O9/c1-20(2)25-9-7-21(3)15-31(25)50-19-33(44)37-28-11-8-24(16-32(28)49-6)40(23(5)43)17-26-27(36)10-12-29(41(47)48)34(26)39-14-13-38(22(4)42)18-30(39)35(45)46/h8,10-12,16,20-21,25,30-31H,7,9,13-15,17-19H2,1-6H3,(H,37,44)(H,45,46). The minimum Gasteiger partial charge on any atom is -0.494 e. The summed E-state index contributed by atoms with van der Waals surface area (Å²) in [7, 11) is 1.38. The van der Waals surface area contributed by atoms with Crippen molar-refractivity contribution < 1.29 is 43.1 Å². The molecule has 3 amide bonds. The van der Waals surface area contributed by atoms with E-state index in [1.165, 1.54) is 53.9 Å². The Morgan fingerprint density at radius 2 is 1.86 bits per heavy atom. The van der Waals surface area contributed by atoms with Gasteiger partial charge in [-0.05, 0) is 48.8 Å². The zero-order chi connectivity index (χ0) is 36.9. The SMILES string of the molecule is COc1cc(N(Cc2c(F)ccc([N+](=O)[O-])c2N2CCN(C(C)=O)CC2C(=O)O)C(C)=O)ccc1NC(=O)COC1CC(C)CCC1C(C)C. The number of carboxylic acids is 1. The van der Waals surface area contributed by atoms with Crippen LogP contribution in [0.1, 0.15) is 59.4 Å². The molecule has 0 aromatic heterocycles. The van der Waals surface area contributed by atoms with E-state index in [1.807, 2.05) is 0 Å². The third kappa shape index (κ3) is 8.67. The van der Waals surface area contributed by atoms with E-state index in [1.54, 1.807) is 0 Å². The smallest absolute Gasteiger partial charge is 0.328 e. The summed E-state index contributed by atoms with van der Waals surface area (Å²) in [5.41, 5.74) is -0.581. The largest absolute Gasteiger partial charge is 0.494 e. The first-order chi connectivity index (χ1) is 23.6. The van der Waals surface area contributed by atoms with Crippen LogP contribution >= 0.6 is 0 Å². The second kappa shape index (κ2) is 16.3. The summed E-state index contributed by atoms with van der Waals surface area (Å²) in [6, 6.07) is 4.94. The van der Waals surface area contributed by atoms with Gasteiger partial charge in [-0.15, -0.1) is 0 Å². The van der Waals surface area contributed by atoms with Crippen molar-refractivity contribution in [3.63, 3.8) is 0 Å². The first kappa shape index (κ1) is 38.0. The number of rotatable bonds is 12. The fourth-order valence-corrected chi connectivity index (χ4v) is 6.93. The summed E-state index contributed by atoms with van der Waals surface area (Å²) >= 11 is 0. The fraction of sp³-hybridized carbons (Fsp3) is 0.543. The Morgan fingerprint density at radius 1 is 1.14 bits per heavy atom. The number of aliphatic carboxylic acids is 1. The Kier molecular flexibility index (Phi) is 12.4. The van der Waals surface area contributed by atoms with Crippen molar-refractivity contribution in [1.29, 1.82) is 0 Å². The molecule has 50 heavy (non-hydrogen) atoms. The fourth-order valence-electron chi connectivity index (χ4n) is 6.93. The van der Waals surface area contributed by atoms with Gasteiger partial charge >= 0.3 is 5.97 Å². The lowest BCUT2D eigenvalue weighted by atomic mass is 9.75. The van der Waals surface area contributed by atoms with Crippen LogP contribution in [0.4, 0.5) is 27.1 Å². The number of hydrogen-bond donors (Lipinski definition) is 2. The summed E-state index contributed by atoms with van der Waals surface area (Å²) in [5, 5.41) is 25.0. The Hall–Kier alpha value is -4.79. The topological polar surface area (TPSA) is 172 Å². The molecule has 1 saturated heterocycles. The maximum atomic E-state index is 15.7. The Morgan fingerprint density at radius 3 is 2.46 bits per heavy atom. The molecule has 2 aromatic carbocycles. The number of halogens is 1. The van der Waals surface area contributed by atoms with Crippen molar-refractivity contribution >= 4 is 46.4 Å². The van der Waals surface area contributed by atoms with Gasteiger partial charge in [-0.1, -0.05) is 27.2 Å². The number of carbonyl (C=O) groups is 4. The molecule has 2 aliphatic rings. The Bertz CT molecular complexity index is 1620. The van der Waals surface area contributed by atoms with Crippen molar-refractivity contribution in [1.82, 2.24) is 4.90 Å². The highest BCUT2D eigenvalue weighted by Crippen LogP contribution is 2.39. The third-order valence-corrected chi connectivity index (χ3v) is 9.66. The van der Waals surface area contributed by atoms with Crippen LogP contribution in [-0.2, 0) is 30.5 Å². The molecule has 2 aromatic rings. The van der Waals surface area contributed by atoms with Crippen LogP contribution in [0.5, 0.6) is 5.75 Å². The molecule has 4 unspecified atom stereocenters. The molecule has 2 N–H and O–H groups in total. The van der Waals surface area contributed by atoms with Crippen molar-refractivity contribution in [2.24, 2.45) is 17.8 Å². The summed E-state index contributed by atoms with van der Waals surface area (Å²) in [4.78, 5) is 65.5. The van der Waals surface area contributed by atoms with E-state index in [0.717, 1.165) is 31.4 Å². The van der Waals surface area contributed by atoms with Gasteiger partial charge in [-0.2, -0.15) is 0 Å². The van der Waals surface area contributed by atoms with Crippen LogP contribution in [-0.4, -0.2) is 84.1 Å². The maximum Gasteiger partial charge on any atom is 0.328 e. The van der Waals surface area contributed by atoms with E-state index in [2.05, 4.69) is 26.1 Å². The molecule has 1 heterocycles. The summed E-state index contributed by atoms with van der Waals surface area (Å²) in [6.07, 6.45) is 3.03. The number of nitrogens with zero attached hydrogens (tertiary/aromatic N) is 4. The van der Waals surface area contributed by atoms with E-state index in [0.29, 0.717) is 23.4 Å². The first-order valence-corrected chi connectivity index (χ1v) is 16.7. The predicted octanol–water partition coefficient (Wildman–Crippen LogP) is 4.83. The zero-order valence-electron chi connectivity index (χ0n) is 29.3. The lowest BCUT2D eigenvalue weighted by molar-refractivity contribution is -0.384. The molecular weight excluding hydrogens is 653 g/mol. The van der Waals surface area contributed by atoms with Crippen LogP contribution in [0.3, 0.4) is 0 Å². The van der Waals surface area contributed by atoms with Gasteiger partial charge in [0.25, 0.3) is 5.69 Å². The molecule has 4 atom stereocenters. The van der Waals surface area contributed by atoms with Crippen LogP contribution in [0.15, 0.2) is 30.3 Å². The first-order valence-electron chi connectivity index (χ1n) is 16.7. The second-order valence-electron chi connectivity index (χ2n) is 13.4. The quantitative estimate of drug-likeness (QED) is 0.231. The number of nitrogens with one attached hydrogen (secondary N) is 1. The average molecular weight is 700 g/mol. The number of nitro groups is 1. The molecule has 272 valence electrons. The summed E-state index contributed by atoms with van der Waals surface area (Å²) < 4.78 is 27.3. The number of methoxy groups -OCH3 is 1. The number of anilines is 3. The Balaban J connectivity index is 1.62. The van der Waals surface area contributed by atoms with Gasteiger partial charge in [0.2, 0.25) is 17.7 Å². The van der Waals surface area contributed by atoms with E-state index >= 15 is 4.39 Å². The van der Waals surface area contributed by atoms with Gasteiger partial charge < -0.3 is 34.6 Å². The maximum absolute atomic E-state index is 15.7. The van der Waals surface area contributed by atoms with Crippen molar-refractivity contribution in [2.75, 3.05) is 48.5 Å². The van der Waals surface area contributed by atoms with Gasteiger partial charge in [-0.25, -0.2) is 9.18 Å². The Labute approximate surface area is 290 Å². The van der Waals surface area contributed by atoms with Gasteiger partial charge in [-0.3, -0.25) is 24.5 Å². The second-order valence-corrected chi connectivity index (χ2v) is 13.4. The molecule has 1 saturated carbocycles. The van der Waals surface area contributed by atoms with Crippen LogP contribution in [0, 0.1) is 33.7 Å². The van der Waals surface area contributed by atoms with Gasteiger partial charge in [0.05, 0.1) is 36.9 Å². The molecular formula is C35H46FN5O9. The molecule has 1 aliphatic carbocycles. The highest BCUT2D eigenvalue weighted by Gasteiger charge is 2.39. The van der Waals surface area contributed by atoms with E-state index < -0.39 is 40.9 Å². The average Bonchev–Trinajstić information content (AvgIpc) is 3.06. The molecule has 4 rings (SSSR count). The highest BCUT2D eigenvalue weighted by atomic mass is 19.1. The number of carboxylic acid groups (broad SMARTS) is 1. The summed E-state index contributed by atoms with van der Waals surface area (Å²) in [6.45, 7) is 8.01. The molecule has 0 spiro atoms. The van der Waals surface area contributed by atoms with Gasteiger partial charge in [0, 0.05) is 50.3 Å². The van der Waals surface area contributed by atoms with Gasteiger partial charge in [0.1, 0.15) is 29.9 Å². The van der Waals surface area contributed by atoms with Crippen molar-refractivity contribution in [3.8, 4) is 5.75 Å². The van der Waals surface area contributed by atoms with Crippen LogP contribution in [0.25, 0.3) is 0 Å². The minimum absolute atomic E-state index is 0.0271. The zero-order valence-corrected chi connectivity index (χ0v) is 29.3. The van der Waals surface area contributed by atoms with E-state index in [-0.39, 0.29) is 66.8 Å². The normalized spacial score (nSPS) is 20.7. The number of piperazine rings is 1. The highest BCUT2D eigenvalue weighted by molar-refractivity contribution is 5.96. The van der Waals surface area contributed by atoms with Crippen molar-refractivity contribution in [3.05, 3.63) is 51.8 Å². The number of benzene rings is 2. The van der Waals surface area contributed by atoms with Crippen LogP contribution in [0.2, 0.25) is 0 Å². The number of carbonyl (C=O) groups excluding carboxylic acids is 3.